The van der Waals surface area contributed by atoms with Gasteiger partial charge in [0.25, 0.3) is 0 Å². The second-order valence-electron chi connectivity index (χ2n) is 5.40. The maximum atomic E-state index is 14.2. The van der Waals surface area contributed by atoms with E-state index in [2.05, 4.69) is 28.7 Å². The Balaban J connectivity index is 2.18. The summed E-state index contributed by atoms with van der Waals surface area (Å²) < 4.78 is 14.2. The van der Waals surface area contributed by atoms with Crippen LogP contribution in [0.25, 0.3) is 12.2 Å². The Labute approximate surface area is 139 Å². The van der Waals surface area contributed by atoms with Gasteiger partial charge in [0.2, 0.25) is 5.91 Å². The van der Waals surface area contributed by atoms with Crippen molar-refractivity contribution in [3.05, 3.63) is 77.9 Å². The van der Waals surface area contributed by atoms with E-state index in [0.29, 0.717) is 11.3 Å². The zero-order valence-electron chi connectivity index (χ0n) is 13.0. The predicted molar refractivity (Wildman–Crippen MR) is 92.9 cm³/mol. The van der Waals surface area contributed by atoms with Crippen molar-refractivity contribution in [3.8, 4) is 0 Å². The molecule has 24 heavy (non-hydrogen) atoms. The molecule has 1 aliphatic rings. The summed E-state index contributed by atoms with van der Waals surface area (Å²) in [5.41, 5.74) is 6.03. The van der Waals surface area contributed by atoms with Crippen molar-refractivity contribution < 1.29 is 9.18 Å². The number of hydrazone groups is 1. The molecule has 0 spiro atoms. The fourth-order valence-electron chi connectivity index (χ4n) is 2.91. The zero-order valence-corrected chi connectivity index (χ0v) is 13.0. The minimum atomic E-state index is -0.486. The molecule has 4 nitrogen and oxygen atoms in total. The van der Waals surface area contributed by atoms with E-state index < -0.39 is 11.7 Å². The topological polar surface area (TPSA) is 54.4 Å². The van der Waals surface area contributed by atoms with Crippen LogP contribution < -0.4 is 5.43 Å². The molecular formula is C19H16FN3O. The second kappa shape index (κ2) is 6.58. The fraction of sp³-hybridized carbons (Fsp3) is 0.105. The van der Waals surface area contributed by atoms with Crippen LogP contribution in [0.2, 0.25) is 0 Å². The smallest absolute Gasteiger partial charge is 0.241 e. The molecule has 0 saturated heterocycles. The van der Waals surface area contributed by atoms with E-state index in [0.717, 1.165) is 22.9 Å². The van der Waals surface area contributed by atoms with E-state index in [-0.39, 0.29) is 12.3 Å². The normalized spacial score (nSPS) is 17.0. The molecule has 0 radical (unpaired) electrons. The average Bonchev–Trinajstić information content (AvgIpc) is 2.61. The number of nitrogens with one attached hydrogen (secondary N) is 1. The highest BCUT2D eigenvalue weighted by atomic mass is 19.1. The van der Waals surface area contributed by atoms with Crippen LogP contribution in [0.5, 0.6) is 0 Å². The Bertz CT molecular complexity index is 857. The van der Waals surface area contributed by atoms with Gasteiger partial charge < -0.3 is 0 Å². The number of hydrogen-bond donors (Lipinski definition) is 1. The van der Waals surface area contributed by atoms with E-state index in [9.17, 15) is 9.18 Å². The van der Waals surface area contributed by atoms with Gasteiger partial charge in [0, 0.05) is 29.7 Å². The number of halogens is 1. The standard InChI is InChI=1S/C19H16FN3O/c1-3-12-6-5-7-15(13(12)4-2)19-16(10-18(24)22-23-19)14-8-9-21-11-17(14)20/h3-9,11,16H,1-2,10H2,(H,22,24). The molecule has 0 aliphatic carbocycles. The number of carbonyl (C=O) groups excluding carboxylic acids is 1. The number of amides is 1. The Morgan fingerprint density at radius 1 is 1.25 bits per heavy atom. The highest BCUT2D eigenvalue weighted by molar-refractivity contribution is 6.11. The lowest BCUT2D eigenvalue weighted by molar-refractivity contribution is -0.121. The van der Waals surface area contributed by atoms with Gasteiger partial charge >= 0.3 is 0 Å². The summed E-state index contributed by atoms with van der Waals surface area (Å²) in [5, 5.41) is 4.21. The predicted octanol–water partition coefficient (Wildman–Crippen LogP) is 3.51. The molecule has 1 aliphatic heterocycles. The maximum Gasteiger partial charge on any atom is 0.241 e. The maximum absolute atomic E-state index is 14.2. The van der Waals surface area contributed by atoms with Crippen LogP contribution in [-0.2, 0) is 4.79 Å². The van der Waals surface area contributed by atoms with Crippen LogP contribution in [0.15, 0.2) is 54.9 Å². The van der Waals surface area contributed by atoms with Crippen LogP contribution >= 0.6 is 0 Å². The van der Waals surface area contributed by atoms with Crippen molar-refractivity contribution in [1.82, 2.24) is 10.4 Å². The van der Waals surface area contributed by atoms with Crippen LogP contribution in [0, 0.1) is 5.82 Å². The number of nitrogens with zero attached hydrogens (tertiary/aromatic N) is 2. The van der Waals surface area contributed by atoms with E-state index in [4.69, 9.17) is 0 Å². The average molecular weight is 321 g/mol. The Morgan fingerprint density at radius 2 is 2.08 bits per heavy atom. The summed E-state index contributed by atoms with van der Waals surface area (Å²) in [4.78, 5) is 15.6. The Morgan fingerprint density at radius 3 is 2.79 bits per heavy atom. The first kappa shape index (κ1) is 15.8. The molecule has 3 rings (SSSR count). The number of benzene rings is 1. The monoisotopic (exact) mass is 321 g/mol. The molecular weight excluding hydrogens is 305 g/mol. The summed E-state index contributed by atoms with van der Waals surface area (Å²) in [6.45, 7) is 7.65. The number of rotatable bonds is 4. The molecule has 1 aromatic heterocycles. The first-order valence-electron chi connectivity index (χ1n) is 7.49. The van der Waals surface area contributed by atoms with Gasteiger partial charge in [-0.1, -0.05) is 43.5 Å². The summed E-state index contributed by atoms with van der Waals surface area (Å²) in [5.74, 6) is -1.19. The molecule has 1 aromatic carbocycles. The molecule has 1 atom stereocenters. The van der Waals surface area contributed by atoms with Crippen molar-refractivity contribution in [2.75, 3.05) is 0 Å². The molecule has 5 heteroatoms. The second-order valence-corrected chi connectivity index (χ2v) is 5.40. The first-order chi connectivity index (χ1) is 11.7. The number of carbonyl (C=O) groups is 1. The molecule has 2 aromatic rings. The number of hydrogen-bond acceptors (Lipinski definition) is 3. The largest absolute Gasteiger partial charge is 0.273 e. The molecule has 0 bridgehead atoms. The lowest BCUT2D eigenvalue weighted by Gasteiger charge is -2.25. The molecule has 1 N–H and O–H groups in total. The Hall–Kier alpha value is -3.08. The summed E-state index contributed by atoms with van der Waals surface area (Å²) >= 11 is 0. The van der Waals surface area contributed by atoms with Crippen molar-refractivity contribution in [2.24, 2.45) is 5.10 Å². The molecule has 1 unspecified atom stereocenters. The van der Waals surface area contributed by atoms with E-state index in [1.807, 2.05) is 18.2 Å². The van der Waals surface area contributed by atoms with Crippen molar-refractivity contribution in [3.63, 3.8) is 0 Å². The lowest BCUT2D eigenvalue weighted by atomic mass is 9.84. The third kappa shape index (κ3) is 2.76. The van der Waals surface area contributed by atoms with Gasteiger partial charge in [0.05, 0.1) is 11.9 Å². The van der Waals surface area contributed by atoms with Crippen molar-refractivity contribution in [1.29, 1.82) is 0 Å². The van der Waals surface area contributed by atoms with Gasteiger partial charge in [-0.15, -0.1) is 0 Å². The van der Waals surface area contributed by atoms with Crippen LogP contribution in [0.1, 0.15) is 34.6 Å². The summed E-state index contributed by atoms with van der Waals surface area (Å²) in [6.07, 6.45) is 6.22. The zero-order chi connectivity index (χ0) is 17.1. The van der Waals surface area contributed by atoms with E-state index >= 15 is 0 Å². The number of pyridine rings is 1. The molecule has 0 saturated carbocycles. The lowest BCUT2D eigenvalue weighted by Crippen LogP contribution is -2.33. The molecule has 120 valence electrons. The highest BCUT2D eigenvalue weighted by Gasteiger charge is 2.30. The quantitative estimate of drug-likeness (QED) is 0.937. The fourth-order valence-corrected chi connectivity index (χ4v) is 2.91. The van der Waals surface area contributed by atoms with Gasteiger partial charge in [-0.2, -0.15) is 5.10 Å². The van der Waals surface area contributed by atoms with Gasteiger partial charge in [0.1, 0.15) is 5.82 Å². The highest BCUT2D eigenvalue weighted by Crippen LogP contribution is 2.31. The third-order valence-electron chi connectivity index (χ3n) is 4.04. The summed E-state index contributed by atoms with van der Waals surface area (Å²) in [7, 11) is 0. The SMILES string of the molecule is C=Cc1cccc(C2=NNC(=O)CC2c2ccncc2F)c1C=C. The number of aromatic nitrogens is 1. The van der Waals surface area contributed by atoms with Crippen LogP contribution in [0.4, 0.5) is 4.39 Å². The van der Waals surface area contributed by atoms with Gasteiger partial charge in [0.15, 0.2) is 0 Å². The van der Waals surface area contributed by atoms with Gasteiger partial charge in [-0.25, -0.2) is 9.82 Å². The van der Waals surface area contributed by atoms with Crippen LogP contribution in [-0.4, -0.2) is 16.6 Å². The van der Waals surface area contributed by atoms with Crippen molar-refractivity contribution in [2.45, 2.75) is 12.3 Å². The minimum Gasteiger partial charge on any atom is -0.273 e. The third-order valence-corrected chi connectivity index (χ3v) is 4.04. The van der Waals surface area contributed by atoms with Crippen molar-refractivity contribution >= 4 is 23.8 Å². The van der Waals surface area contributed by atoms with E-state index in [1.165, 1.54) is 6.20 Å². The minimum absolute atomic E-state index is 0.120. The van der Waals surface area contributed by atoms with Gasteiger partial charge in [-0.05, 0) is 17.2 Å². The van der Waals surface area contributed by atoms with Gasteiger partial charge in [-0.3, -0.25) is 9.78 Å². The first-order valence-corrected chi connectivity index (χ1v) is 7.49. The van der Waals surface area contributed by atoms with Crippen LogP contribution in [0.3, 0.4) is 0 Å². The molecule has 0 fully saturated rings. The Kier molecular flexibility index (Phi) is 4.33. The molecule has 1 amide bonds. The molecule has 2 heterocycles. The van der Waals surface area contributed by atoms with E-state index in [1.54, 1.807) is 18.2 Å². The summed E-state index contributed by atoms with van der Waals surface area (Å²) in [6, 6.07) is 7.25.